The van der Waals surface area contributed by atoms with Gasteiger partial charge in [-0.25, -0.2) is 4.98 Å². The fourth-order valence-corrected chi connectivity index (χ4v) is 2.08. The van der Waals surface area contributed by atoms with E-state index in [-0.39, 0.29) is 0 Å². The summed E-state index contributed by atoms with van der Waals surface area (Å²) in [6.07, 6.45) is 5.58. The van der Waals surface area contributed by atoms with Gasteiger partial charge in [-0.2, -0.15) is 0 Å². The molecule has 2 nitrogen and oxygen atoms in total. The van der Waals surface area contributed by atoms with Gasteiger partial charge in [-0.15, -0.1) is 0 Å². The van der Waals surface area contributed by atoms with E-state index in [2.05, 4.69) is 36.7 Å². The van der Waals surface area contributed by atoms with Crippen molar-refractivity contribution in [2.45, 2.75) is 33.1 Å². The van der Waals surface area contributed by atoms with Crippen molar-refractivity contribution in [1.82, 2.24) is 4.98 Å². The van der Waals surface area contributed by atoms with Gasteiger partial charge in [0.25, 0.3) is 0 Å². The van der Waals surface area contributed by atoms with Crippen LogP contribution in [0.25, 0.3) is 11.1 Å². The molecule has 0 unspecified atom stereocenters. The molecule has 0 aliphatic carbocycles. The van der Waals surface area contributed by atoms with E-state index in [1.54, 1.807) is 0 Å². The molecule has 0 spiro atoms. The average Bonchev–Trinajstić information content (AvgIpc) is 2.55. The molecule has 2 aromatic rings. The predicted octanol–water partition coefficient (Wildman–Crippen LogP) is 4.28. The van der Waals surface area contributed by atoms with Crippen molar-refractivity contribution in [2.75, 3.05) is 0 Å². The number of unbranched alkanes of at least 4 members (excludes halogenated alkanes) is 1. The summed E-state index contributed by atoms with van der Waals surface area (Å²) in [5.41, 5.74) is 4.85. The molecule has 0 radical (unpaired) electrons. The van der Waals surface area contributed by atoms with Crippen LogP contribution in [-0.2, 0) is 6.42 Å². The van der Waals surface area contributed by atoms with E-state index in [0.29, 0.717) is 5.56 Å². The monoisotopic (exact) mass is 277 g/mol. The van der Waals surface area contributed by atoms with Crippen molar-refractivity contribution < 1.29 is 4.79 Å². The number of carbonyl (C=O) groups is 1. The second-order valence-corrected chi connectivity index (χ2v) is 4.88. The van der Waals surface area contributed by atoms with Crippen molar-refractivity contribution in [3.8, 4) is 23.0 Å². The van der Waals surface area contributed by atoms with Crippen molar-refractivity contribution in [2.24, 2.45) is 0 Å². The summed E-state index contributed by atoms with van der Waals surface area (Å²) in [4.78, 5) is 15.2. The minimum Gasteiger partial charge on any atom is -0.298 e. The maximum absolute atomic E-state index is 10.7. The van der Waals surface area contributed by atoms with Gasteiger partial charge in [0.1, 0.15) is 12.0 Å². The Bertz CT molecular complexity index is 675. The van der Waals surface area contributed by atoms with E-state index < -0.39 is 0 Å². The van der Waals surface area contributed by atoms with Gasteiger partial charge in [-0.1, -0.05) is 44.0 Å². The van der Waals surface area contributed by atoms with Crippen LogP contribution >= 0.6 is 0 Å². The summed E-state index contributed by atoms with van der Waals surface area (Å²) in [7, 11) is 0. The molecule has 21 heavy (non-hydrogen) atoms. The lowest BCUT2D eigenvalue weighted by atomic mass is 10.0. The molecule has 0 saturated heterocycles. The van der Waals surface area contributed by atoms with Crippen LogP contribution in [0.2, 0.25) is 0 Å². The molecule has 2 rings (SSSR count). The number of aryl methyl sites for hydroxylation is 1. The highest BCUT2D eigenvalue weighted by Gasteiger charge is 2.04. The molecule has 0 aliphatic rings. The second kappa shape index (κ2) is 7.40. The van der Waals surface area contributed by atoms with E-state index >= 15 is 0 Å². The molecule has 0 bridgehead atoms. The maximum atomic E-state index is 10.7. The standard InChI is InChI=1S/C19H19NO/c1-3-5-6-7-19-16(4-2)12-18(13-20-19)17-10-8-15(14-21)9-11-17/h8-14H,3-5H2,1-2H3. The van der Waals surface area contributed by atoms with Crippen LogP contribution in [0.3, 0.4) is 0 Å². The van der Waals surface area contributed by atoms with Crippen LogP contribution in [0.1, 0.15) is 48.3 Å². The first-order valence-corrected chi connectivity index (χ1v) is 7.31. The van der Waals surface area contributed by atoms with Crippen molar-refractivity contribution >= 4 is 6.29 Å². The molecule has 0 amide bonds. The van der Waals surface area contributed by atoms with E-state index in [1.165, 1.54) is 0 Å². The second-order valence-electron chi connectivity index (χ2n) is 4.88. The molecular formula is C19H19NO. The molecule has 0 saturated carbocycles. The Balaban J connectivity index is 2.33. The van der Waals surface area contributed by atoms with E-state index in [9.17, 15) is 4.79 Å². The van der Waals surface area contributed by atoms with E-state index in [1.807, 2.05) is 30.5 Å². The van der Waals surface area contributed by atoms with Crippen molar-refractivity contribution in [3.05, 3.63) is 53.3 Å². The van der Waals surface area contributed by atoms with Gasteiger partial charge < -0.3 is 0 Å². The molecule has 1 aromatic carbocycles. The molecule has 1 heterocycles. The molecule has 0 fully saturated rings. The van der Waals surface area contributed by atoms with Gasteiger partial charge in [0.05, 0.1) is 0 Å². The Morgan fingerprint density at radius 3 is 2.52 bits per heavy atom. The first-order valence-electron chi connectivity index (χ1n) is 7.31. The number of pyridine rings is 1. The minimum absolute atomic E-state index is 0.685. The number of benzene rings is 1. The highest BCUT2D eigenvalue weighted by Crippen LogP contribution is 2.21. The van der Waals surface area contributed by atoms with Crippen LogP contribution in [0, 0.1) is 11.8 Å². The highest BCUT2D eigenvalue weighted by atomic mass is 16.1. The summed E-state index contributed by atoms with van der Waals surface area (Å²) in [6, 6.07) is 9.68. The molecule has 2 heteroatoms. The minimum atomic E-state index is 0.685. The molecule has 0 aliphatic heterocycles. The fraction of sp³-hybridized carbons (Fsp3) is 0.263. The van der Waals surface area contributed by atoms with Gasteiger partial charge in [0.2, 0.25) is 0 Å². The quantitative estimate of drug-likeness (QED) is 0.617. The number of hydrogen-bond donors (Lipinski definition) is 0. The van der Waals surface area contributed by atoms with Gasteiger partial charge >= 0.3 is 0 Å². The highest BCUT2D eigenvalue weighted by molar-refractivity contribution is 5.77. The molecule has 0 atom stereocenters. The molecule has 106 valence electrons. The number of nitrogens with zero attached hydrogens (tertiary/aromatic N) is 1. The topological polar surface area (TPSA) is 30.0 Å². The Kier molecular flexibility index (Phi) is 5.29. The Hall–Kier alpha value is -2.40. The summed E-state index contributed by atoms with van der Waals surface area (Å²) in [6.45, 7) is 4.23. The lowest BCUT2D eigenvalue weighted by molar-refractivity contribution is 0.112. The zero-order valence-electron chi connectivity index (χ0n) is 12.5. The van der Waals surface area contributed by atoms with Crippen LogP contribution in [-0.4, -0.2) is 11.3 Å². The fourth-order valence-electron chi connectivity index (χ4n) is 2.08. The molecule has 0 N–H and O–H groups in total. The zero-order valence-corrected chi connectivity index (χ0v) is 12.5. The summed E-state index contributed by atoms with van der Waals surface area (Å²) >= 11 is 0. The summed E-state index contributed by atoms with van der Waals surface area (Å²) in [5.74, 6) is 6.30. The Labute approximate surface area is 126 Å². The third-order valence-corrected chi connectivity index (χ3v) is 3.31. The SMILES string of the molecule is CCCC#Cc1ncc(-c2ccc(C=O)cc2)cc1CC. The smallest absolute Gasteiger partial charge is 0.150 e. The Morgan fingerprint density at radius 2 is 1.90 bits per heavy atom. The van der Waals surface area contributed by atoms with Crippen LogP contribution in [0.4, 0.5) is 0 Å². The Morgan fingerprint density at radius 1 is 1.14 bits per heavy atom. The first-order chi connectivity index (χ1) is 10.3. The summed E-state index contributed by atoms with van der Waals surface area (Å²) < 4.78 is 0. The molecular weight excluding hydrogens is 258 g/mol. The first kappa shape index (κ1) is 15.0. The third-order valence-electron chi connectivity index (χ3n) is 3.31. The normalized spacial score (nSPS) is 9.81. The lowest BCUT2D eigenvalue weighted by Crippen LogP contribution is -1.93. The van der Waals surface area contributed by atoms with Gasteiger partial charge in [-0.3, -0.25) is 4.79 Å². The van der Waals surface area contributed by atoms with E-state index in [0.717, 1.165) is 47.9 Å². The number of aldehydes is 1. The van der Waals surface area contributed by atoms with Crippen molar-refractivity contribution in [1.29, 1.82) is 0 Å². The third kappa shape index (κ3) is 3.79. The van der Waals surface area contributed by atoms with Crippen LogP contribution < -0.4 is 0 Å². The van der Waals surface area contributed by atoms with Gasteiger partial charge in [0.15, 0.2) is 0 Å². The number of carbonyl (C=O) groups excluding carboxylic acids is 1. The number of hydrogen-bond acceptors (Lipinski definition) is 2. The van der Waals surface area contributed by atoms with E-state index in [4.69, 9.17) is 0 Å². The predicted molar refractivity (Wildman–Crippen MR) is 86.2 cm³/mol. The zero-order chi connectivity index (χ0) is 15.1. The number of aromatic nitrogens is 1. The largest absolute Gasteiger partial charge is 0.298 e. The lowest BCUT2D eigenvalue weighted by Gasteiger charge is -2.06. The molecule has 1 aromatic heterocycles. The van der Waals surface area contributed by atoms with Crippen molar-refractivity contribution in [3.63, 3.8) is 0 Å². The number of rotatable bonds is 4. The van der Waals surface area contributed by atoms with Crippen LogP contribution in [0.5, 0.6) is 0 Å². The van der Waals surface area contributed by atoms with Gasteiger partial charge in [0, 0.05) is 23.7 Å². The van der Waals surface area contributed by atoms with Gasteiger partial charge in [-0.05, 0) is 36.0 Å². The van der Waals surface area contributed by atoms with Crippen LogP contribution in [0.15, 0.2) is 36.5 Å². The maximum Gasteiger partial charge on any atom is 0.150 e. The average molecular weight is 277 g/mol. The summed E-state index contributed by atoms with van der Waals surface area (Å²) in [5, 5.41) is 0.